The van der Waals surface area contributed by atoms with Gasteiger partial charge >= 0.3 is 5.69 Å². The van der Waals surface area contributed by atoms with Gasteiger partial charge in [-0.3, -0.25) is 14.9 Å². The summed E-state index contributed by atoms with van der Waals surface area (Å²) in [6.45, 7) is 11.4. The third kappa shape index (κ3) is 4.45. The van der Waals surface area contributed by atoms with Gasteiger partial charge < -0.3 is 10.1 Å². The first-order chi connectivity index (χ1) is 12.6. The number of nitrogens with one attached hydrogen (secondary N) is 1. The lowest BCUT2D eigenvalue weighted by atomic mass is 10.1. The zero-order chi connectivity index (χ0) is 20.4. The second-order valence-corrected chi connectivity index (χ2v) is 7.47. The first-order valence-electron chi connectivity index (χ1n) is 8.88. The molecule has 0 aliphatic rings. The summed E-state index contributed by atoms with van der Waals surface area (Å²) in [7, 11) is 0. The maximum atomic E-state index is 12.6. The molecule has 0 unspecified atom stereocenters. The van der Waals surface area contributed by atoms with E-state index in [0.29, 0.717) is 11.4 Å². The molecule has 0 saturated heterocycles. The van der Waals surface area contributed by atoms with Gasteiger partial charge in [-0.25, -0.2) is 4.68 Å². The normalized spacial score (nSPS) is 12.5. The maximum absolute atomic E-state index is 12.6. The van der Waals surface area contributed by atoms with Crippen LogP contribution in [0.5, 0.6) is 11.6 Å². The zero-order valence-corrected chi connectivity index (χ0v) is 16.6. The highest BCUT2D eigenvalue weighted by Gasteiger charge is 2.29. The molecule has 1 amide bonds. The molecule has 0 bridgehead atoms. The van der Waals surface area contributed by atoms with Gasteiger partial charge in [0.1, 0.15) is 0 Å². The van der Waals surface area contributed by atoms with Gasteiger partial charge in [0, 0.05) is 17.7 Å². The van der Waals surface area contributed by atoms with E-state index >= 15 is 0 Å². The van der Waals surface area contributed by atoms with Gasteiger partial charge in [-0.1, -0.05) is 19.1 Å². The molecule has 0 saturated carbocycles. The van der Waals surface area contributed by atoms with E-state index in [0.717, 1.165) is 6.42 Å². The third-order valence-corrected chi connectivity index (χ3v) is 4.18. The summed E-state index contributed by atoms with van der Waals surface area (Å²) in [4.78, 5) is 23.4. The minimum atomic E-state index is -0.501. The summed E-state index contributed by atoms with van der Waals surface area (Å²) in [6.07, 6.45) is 0.796. The molecule has 0 radical (unpaired) electrons. The second kappa shape index (κ2) is 7.77. The number of hydrogen-bond acceptors (Lipinski definition) is 5. The fourth-order valence-corrected chi connectivity index (χ4v) is 2.46. The molecular formula is C19H26N4O4. The summed E-state index contributed by atoms with van der Waals surface area (Å²) < 4.78 is 7.49. The number of hydrogen-bond donors (Lipinski definition) is 1. The van der Waals surface area contributed by atoms with Crippen LogP contribution in [0.4, 0.5) is 5.69 Å². The Morgan fingerprint density at radius 3 is 2.56 bits per heavy atom. The number of nitrogens with zero attached hydrogens (tertiary/aromatic N) is 3. The van der Waals surface area contributed by atoms with Crippen LogP contribution in [0.1, 0.15) is 57.1 Å². The van der Waals surface area contributed by atoms with Crippen LogP contribution in [0.2, 0.25) is 0 Å². The molecule has 2 aromatic rings. The number of carbonyl (C=O) groups is 1. The lowest BCUT2D eigenvalue weighted by Crippen LogP contribution is -2.33. The van der Waals surface area contributed by atoms with Crippen molar-refractivity contribution in [3.05, 3.63) is 45.6 Å². The SMILES string of the molecule is CC[C@H](C)NC(=O)c1nn(C(C)(C)C)c(Oc2ccccc2[N+](=O)[O-])c1C. The van der Waals surface area contributed by atoms with E-state index in [1.807, 2.05) is 34.6 Å². The Morgan fingerprint density at radius 1 is 1.37 bits per heavy atom. The standard InChI is InChI=1S/C19H26N4O4/c1-7-12(2)20-17(24)16-13(3)18(22(21-16)19(4,5)6)27-15-11-9-8-10-14(15)23(25)26/h8-12H,7H2,1-6H3,(H,20,24)/t12-/m0/s1. The molecule has 8 nitrogen and oxygen atoms in total. The van der Waals surface area contributed by atoms with E-state index in [-0.39, 0.29) is 29.1 Å². The summed E-state index contributed by atoms with van der Waals surface area (Å²) in [5, 5.41) is 18.6. The summed E-state index contributed by atoms with van der Waals surface area (Å²) in [5.41, 5.74) is 0.144. The van der Waals surface area contributed by atoms with Crippen molar-refractivity contribution in [2.24, 2.45) is 0 Å². The molecule has 0 fully saturated rings. The Kier molecular flexibility index (Phi) is 5.88. The van der Waals surface area contributed by atoms with Crippen molar-refractivity contribution in [2.45, 2.75) is 59.5 Å². The number of amides is 1. The molecule has 1 N–H and O–H groups in total. The Bertz CT molecular complexity index is 852. The quantitative estimate of drug-likeness (QED) is 0.604. The molecule has 1 heterocycles. The smallest absolute Gasteiger partial charge is 0.311 e. The number of nitro benzene ring substituents is 1. The monoisotopic (exact) mass is 374 g/mol. The van der Waals surface area contributed by atoms with Gasteiger partial charge in [-0.2, -0.15) is 5.10 Å². The van der Waals surface area contributed by atoms with Crippen molar-refractivity contribution < 1.29 is 14.5 Å². The summed E-state index contributed by atoms with van der Waals surface area (Å²) >= 11 is 0. The first-order valence-corrected chi connectivity index (χ1v) is 8.88. The van der Waals surface area contributed by atoms with Crippen LogP contribution < -0.4 is 10.1 Å². The van der Waals surface area contributed by atoms with Crippen molar-refractivity contribution in [1.29, 1.82) is 0 Å². The average Bonchev–Trinajstić information content (AvgIpc) is 2.92. The molecule has 0 aliphatic heterocycles. The molecule has 1 aromatic heterocycles. The molecule has 2 rings (SSSR count). The Morgan fingerprint density at radius 2 is 2.00 bits per heavy atom. The lowest BCUT2D eigenvalue weighted by Gasteiger charge is -2.22. The minimum absolute atomic E-state index is 0.0104. The molecule has 8 heteroatoms. The highest BCUT2D eigenvalue weighted by Crippen LogP contribution is 2.36. The Hall–Kier alpha value is -2.90. The fraction of sp³-hybridized carbons (Fsp3) is 0.474. The van der Waals surface area contributed by atoms with Crippen LogP contribution in [-0.4, -0.2) is 26.7 Å². The van der Waals surface area contributed by atoms with E-state index < -0.39 is 10.5 Å². The zero-order valence-electron chi connectivity index (χ0n) is 16.6. The lowest BCUT2D eigenvalue weighted by molar-refractivity contribution is -0.385. The van der Waals surface area contributed by atoms with Crippen LogP contribution in [0.25, 0.3) is 0 Å². The number of rotatable bonds is 6. The van der Waals surface area contributed by atoms with E-state index in [9.17, 15) is 14.9 Å². The Labute approximate surface area is 158 Å². The summed E-state index contributed by atoms with van der Waals surface area (Å²) in [5.74, 6) is 0.119. The minimum Gasteiger partial charge on any atom is -0.432 e. The van der Waals surface area contributed by atoms with Gasteiger partial charge in [-0.05, 0) is 47.1 Å². The topological polar surface area (TPSA) is 99.3 Å². The summed E-state index contributed by atoms with van der Waals surface area (Å²) in [6, 6.07) is 6.14. The van der Waals surface area contributed by atoms with Crippen LogP contribution in [0.3, 0.4) is 0 Å². The van der Waals surface area contributed by atoms with Gasteiger partial charge in [0.15, 0.2) is 5.69 Å². The average molecular weight is 374 g/mol. The van der Waals surface area contributed by atoms with Crippen LogP contribution in [0.15, 0.2) is 24.3 Å². The predicted molar refractivity (Wildman–Crippen MR) is 102 cm³/mol. The van der Waals surface area contributed by atoms with Crippen molar-refractivity contribution in [2.75, 3.05) is 0 Å². The van der Waals surface area contributed by atoms with E-state index in [1.54, 1.807) is 23.7 Å². The highest BCUT2D eigenvalue weighted by atomic mass is 16.6. The molecule has 0 aliphatic carbocycles. The van der Waals surface area contributed by atoms with Crippen molar-refractivity contribution in [1.82, 2.24) is 15.1 Å². The van der Waals surface area contributed by atoms with Crippen molar-refractivity contribution in [3.8, 4) is 11.6 Å². The third-order valence-electron chi connectivity index (χ3n) is 4.18. The largest absolute Gasteiger partial charge is 0.432 e. The van der Waals surface area contributed by atoms with Crippen LogP contribution >= 0.6 is 0 Å². The fourth-order valence-electron chi connectivity index (χ4n) is 2.46. The molecule has 146 valence electrons. The van der Waals surface area contributed by atoms with E-state index in [4.69, 9.17) is 4.74 Å². The molecule has 0 spiro atoms. The maximum Gasteiger partial charge on any atom is 0.311 e. The number of para-hydroxylation sites is 2. The molecule has 1 aromatic carbocycles. The first kappa shape index (κ1) is 20.4. The number of nitro groups is 1. The van der Waals surface area contributed by atoms with Gasteiger partial charge in [0.05, 0.1) is 10.5 Å². The van der Waals surface area contributed by atoms with E-state index in [1.165, 1.54) is 12.1 Å². The van der Waals surface area contributed by atoms with Crippen LogP contribution in [0, 0.1) is 17.0 Å². The number of ether oxygens (including phenoxy) is 1. The number of aromatic nitrogens is 2. The highest BCUT2D eigenvalue weighted by molar-refractivity contribution is 5.94. The molecule has 1 atom stereocenters. The van der Waals surface area contributed by atoms with Crippen molar-refractivity contribution in [3.63, 3.8) is 0 Å². The van der Waals surface area contributed by atoms with Crippen molar-refractivity contribution >= 4 is 11.6 Å². The molecule has 27 heavy (non-hydrogen) atoms. The van der Waals surface area contributed by atoms with Gasteiger partial charge in [0.25, 0.3) is 5.91 Å². The van der Waals surface area contributed by atoms with Gasteiger partial charge in [-0.15, -0.1) is 0 Å². The van der Waals surface area contributed by atoms with Gasteiger partial charge in [0.2, 0.25) is 11.6 Å². The number of benzene rings is 1. The predicted octanol–water partition coefficient (Wildman–Crippen LogP) is 4.18. The number of carbonyl (C=O) groups excluding carboxylic acids is 1. The Balaban J connectivity index is 2.53. The molecular weight excluding hydrogens is 348 g/mol. The van der Waals surface area contributed by atoms with E-state index in [2.05, 4.69) is 10.4 Å². The van der Waals surface area contributed by atoms with Crippen LogP contribution in [-0.2, 0) is 5.54 Å². The second-order valence-electron chi connectivity index (χ2n) is 7.47.